The van der Waals surface area contributed by atoms with Gasteiger partial charge in [-0.2, -0.15) is 0 Å². The predicted molar refractivity (Wildman–Crippen MR) is 69.1 cm³/mol. The number of rotatable bonds is 3. The Kier molecular flexibility index (Phi) is 3.04. The van der Waals surface area contributed by atoms with Crippen molar-refractivity contribution >= 4 is 5.69 Å². The average Bonchev–Trinajstić information content (AvgIpc) is 2.79. The standard InChI is InChI=1S/C13H17N3O/c1-8(2)11-7-15-13(16-11)9-4-5-10(14)12(6-9)17-3/h4-8H,14H2,1-3H3,(H,15,16). The molecule has 90 valence electrons. The summed E-state index contributed by atoms with van der Waals surface area (Å²) in [7, 11) is 1.61. The molecule has 0 atom stereocenters. The Morgan fingerprint density at radius 2 is 2.12 bits per heavy atom. The van der Waals surface area contributed by atoms with Gasteiger partial charge in [-0.1, -0.05) is 13.8 Å². The van der Waals surface area contributed by atoms with Crippen molar-refractivity contribution in [2.24, 2.45) is 0 Å². The first-order chi connectivity index (χ1) is 8.11. The Bertz CT molecular complexity index is 517. The number of aromatic nitrogens is 2. The van der Waals surface area contributed by atoms with Crippen LogP contribution < -0.4 is 10.5 Å². The predicted octanol–water partition coefficient (Wildman–Crippen LogP) is 2.79. The zero-order valence-corrected chi connectivity index (χ0v) is 10.3. The summed E-state index contributed by atoms with van der Waals surface area (Å²) in [5, 5.41) is 0. The highest BCUT2D eigenvalue weighted by atomic mass is 16.5. The summed E-state index contributed by atoms with van der Waals surface area (Å²) < 4.78 is 5.19. The van der Waals surface area contributed by atoms with Gasteiger partial charge in [-0.25, -0.2) is 4.98 Å². The summed E-state index contributed by atoms with van der Waals surface area (Å²) in [5.41, 5.74) is 8.50. The van der Waals surface area contributed by atoms with E-state index in [-0.39, 0.29) is 0 Å². The van der Waals surface area contributed by atoms with Crippen LogP contribution in [0.1, 0.15) is 25.5 Å². The molecular formula is C13H17N3O. The van der Waals surface area contributed by atoms with E-state index in [1.807, 2.05) is 24.4 Å². The first kappa shape index (κ1) is 11.5. The Morgan fingerprint density at radius 3 is 2.71 bits per heavy atom. The van der Waals surface area contributed by atoms with Crippen LogP contribution in [0.15, 0.2) is 24.4 Å². The lowest BCUT2D eigenvalue weighted by molar-refractivity contribution is 0.417. The number of nitrogens with two attached hydrogens (primary N) is 1. The zero-order chi connectivity index (χ0) is 12.4. The van der Waals surface area contributed by atoms with Crippen molar-refractivity contribution in [2.75, 3.05) is 12.8 Å². The van der Waals surface area contributed by atoms with E-state index in [0.717, 1.165) is 17.1 Å². The number of hydrogen-bond acceptors (Lipinski definition) is 3. The Morgan fingerprint density at radius 1 is 1.35 bits per heavy atom. The van der Waals surface area contributed by atoms with Crippen molar-refractivity contribution in [3.8, 4) is 17.1 Å². The number of hydrogen-bond donors (Lipinski definition) is 2. The summed E-state index contributed by atoms with van der Waals surface area (Å²) in [6.07, 6.45) is 1.86. The third kappa shape index (κ3) is 2.25. The van der Waals surface area contributed by atoms with Crippen LogP contribution in [-0.4, -0.2) is 17.1 Å². The number of ether oxygens (including phenoxy) is 1. The van der Waals surface area contributed by atoms with E-state index in [1.165, 1.54) is 0 Å². The van der Waals surface area contributed by atoms with Gasteiger partial charge in [-0.3, -0.25) is 0 Å². The number of anilines is 1. The molecule has 2 aromatic rings. The molecule has 0 saturated carbocycles. The second-order valence-corrected chi connectivity index (χ2v) is 4.30. The molecule has 0 aliphatic carbocycles. The minimum absolute atomic E-state index is 0.437. The first-order valence-corrected chi connectivity index (χ1v) is 5.60. The van der Waals surface area contributed by atoms with Gasteiger partial charge in [0.15, 0.2) is 0 Å². The Labute approximate surface area is 101 Å². The molecule has 4 heteroatoms. The quantitative estimate of drug-likeness (QED) is 0.798. The van der Waals surface area contributed by atoms with Gasteiger partial charge in [0.2, 0.25) is 0 Å². The topological polar surface area (TPSA) is 63.9 Å². The molecule has 17 heavy (non-hydrogen) atoms. The smallest absolute Gasteiger partial charge is 0.142 e. The van der Waals surface area contributed by atoms with E-state index in [4.69, 9.17) is 10.5 Å². The minimum Gasteiger partial charge on any atom is -0.495 e. The summed E-state index contributed by atoms with van der Waals surface area (Å²) in [4.78, 5) is 7.65. The number of aromatic amines is 1. The largest absolute Gasteiger partial charge is 0.495 e. The van der Waals surface area contributed by atoms with Gasteiger partial charge < -0.3 is 15.5 Å². The molecule has 1 heterocycles. The van der Waals surface area contributed by atoms with Crippen molar-refractivity contribution in [1.82, 2.24) is 9.97 Å². The van der Waals surface area contributed by atoms with Crippen LogP contribution in [0.2, 0.25) is 0 Å². The third-order valence-electron chi connectivity index (χ3n) is 2.72. The molecular weight excluding hydrogens is 214 g/mol. The van der Waals surface area contributed by atoms with Crippen LogP contribution in [0.5, 0.6) is 5.75 Å². The average molecular weight is 231 g/mol. The van der Waals surface area contributed by atoms with E-state index in [9.17, 15) is 0 Å². The van der Waals surface area contributed by atoms with Gasteiger partial charge in [0, 0.05) is 17.5 Å². The van der Waals surface area contributed by atoms with Crippen molar-refractivity contribution in [3.05, 3.63) is 30.1 Å². The molecule has 0 unspecified atom stereocenters. The minimum atomic E-state index is 0.437. The molecule has 0 saturated heterocycles. The Balaban J connectivity index is 2.38. The molecule has 1 aromatic carbocycles. The maximum atomic E-state index is 5.78. The van der Waals surface area contributed by atoms with Gasteiger partial charge >= 0.3 is 0 Å². The monoisotopic (exact) mass is 231 g/mol. The summed E-state index contributed by atoms with van der Waals surface area (Å²) in [5.74, 6) is 1.95. The van der Waals surface area contributed by atoms with E-state index in [1.54, 1.807) is 7.11 Å². The number of H-pyrrole nitrogens is 1. The number of methoxy groups -OCH3 is 1. The molecule has 0 fully saturated rings. The molecule has 0 bridgehead atoms. The van der Waals surface area contributed by atoms with Crippen molar-refractivity contribution in [2.45, 2.75) is 19.8 Å². The SMILES string of the molecule is COc1cc(-c2ncc(C(C)C)[nH]2)ccc1N. The molecule has 3 N–H and O–H groups in total. The number of nitrogen functional groups attached to an aromatic ring is 1. The maximum Gasteiger partial charge on any atom is 0.142 e. The van der Waals surface area contributed by atoms with Gasteiger partial charge in [0.25, 0.3) is 0 Å². The molecule has 0 aliphatic heterocycles. The molecule has 0 aliphatic rings. The molecule has 2 rings (SSSR count). The second-order valence-electron chi connectivity index (χ2n) is 4.30. The van der Waals surface area contributed by atoms with Gasteiger partial charge in [0.05, 0.1) is 12.8 Å². The van der Waals surface area contributed by atoms with E-state index in [0.29, 0.717) is 17.4 Å². The molecule has 0 amide bonds. The van der Waals surface area contributed by atoms with Crippen molar-refractivity contribution in [1.29, 1.82) is 0 Å². The van der Waals surface area contributed by atoms with Crippen LogP contribution in [0.4, 0.5) is 5.69 Å². The van der Waals surface area contributed by atoms with Crippen LogP contribution >= 0.6 is 0 Å². The van der Waals surface area contributed by atoms with E-state index in [2.05, 4.69) is 23.8 Å². The van der Waals surface area contributed by atoms with Crippen LogP contribution in [-0.2, 0) is 0 Å². The van der Waals surface area contributed by atoms with Gasteiger partial charge in [-0.05, 0) is 24.1 Å². The highest BCUT2D eigenvalue weighted by Crippen LogP contribution is 2.27. The van der Waals surface area contributed by atoms with Crippen LogP contribution in [0, 0.1) is 0 Å². The Hall–Kier alpha value is -1.97. The molecule has 4 nitrogen and oxygen atoms in total. The highest BCUT2D eigenvalue weighted by Gasteiger charge is 2.08. The lowest BCUT2D eigenvalue weighted by atomic mass is 10.1. The van der Waals surface area contributed by atoms with Crippen molar-refractivity contribution < 1.29 is 4.74 Å². The zero-order valence-electron chi connectivity index (χ0n) is 10.3. The molecule has 1 aromatic heterocycles. The summed E-state index contributed by atoms with van der Waals surface area (Å²) in [6, 6.07) is 5.64. The lowest BCUT2D eigenvalue weighted by Gasteiger charge is -2.06. The fourth-order valence-corrected chi connectivity index (χ4v) is 1.63. The normalized spacial score (nSPS) is 10.8. The van der Waals surface area contributed by atoms with Crippen molar-refractivity contribution in [3.63, 3.8) is 0 Å². The highest BCUT2D eigenvalue weighted by molar-refractivity contribution is 5.65. The fraction of sp³-hybridized carbons (Fsp3) is 0.308. The fourth-order valence-electron chi connectivity index (χ4n) is 1.63. The number of imidazole rings is 1. The van der Waals surface area contributed by atoms with E-state index >= 15 is 0 Å². The van der Waals surface area contributed by atoms with Gasteiger partial charge in [-0.15, -0.1) is 0 Å². The summed E-state index contributed by atoms with van der Waals surface area (Å²) in [6.45, 7) is 4.25. The van der Waals surface area contributed by atoms with Crippen LogP contribution in [0.3, 0.4) is 0 Å². The third-order valence-corrected chi connectivity index (χ3v) is 2.72. The number of nitrogens with one attached hydrogen (secondary N) is 1. The first-order valence-electron chi connectivity index (χ1n) is 5.60. The van der Waals surface area contributed by atoms with Gasteiger partial charge in [0.1, 0.15) is 11.6 Å². The molecule has 0 radical (unpaired) electrons. The molecule has 0 spiro atoms. The number of nitrogens with zero attached hydrogens (tertiary/aromatic N) is 1. The number of benzene rings is 1. The second kappa shape index (κ2) is 4.49. The maximum absolute atomic E-state index is 5.78. The summed E-state index contributed by atoms with van der Waals surface area (Å²) >= 11 is 0. The van der Waals surface area contributed by atoms with E-state index < -0.39 is 0 Å². The van der Waals surface area contributed by atoms with Crippen LogP contribution in [0.25, 0.3) is 11.4 Å². The lowest BCUT2D eigenvalue weighted by Crippen LogP contribution is -1.93.